The Bertz CT molecular complexity index is 964. The van der Waals surface area contributed by atoms with Crippen LogP contribution in [0.15, 0.2) is 47.6 Å². The van der Waals surface area contributed by atoms with Crippen LogP contribution in [0, 0.1) is 16.0 Å². The molecule has 144 valence electrons. The van der Waals surface area contributed by atoms with Crippen LogP contribution in [0.5, 0.6) is 5.75 Å². The quantitative estimate of drug-likeness (QED) is 0.336. The summed E-state index contributed by atoms with van der Waals surface area (Å²) in [6.07, 6.45) is 0.962. The van der Waals surface area contributed by atoms with Gasteiger partial charge in [-0.05, 0) is 22.9 Å². The van der Waals surface area contributed by atoms with Crippen molar-refractivity contribution in [2.45, 2.75) is 5.92 Å². The van der Waals surface area contributed by atoms with E-state index in [1.165, 1.54) is 6.07 Å². The van der Waals surface area contributed by atoms with E-state index in [1.54, 1.807) is 0 Å². The lowest BCUT2D eigenvalue weighted by molar-refractivity contribution is -0.398. The molecule has 0 radical (unpaired) electrons. The number of amides is 2. The number of hydrazone groups is 1. The zero-order chi connectivity index (χ0) is 20.3. The van der Waals surface area contributed by atoms with Crippen molar-refractivity contribution >= 4 is 35.3 Å². The maximum Gasteiger partial charge on any atom is 0.263 e. The molecule has 0 aliphatic carbocycles. The van der Waals surface area contributed by atoms with Gasteiger partial charge in [0.25, 0.3) is 11.6 Å². The number of nitrogens with zero attached hydrogens (tertiary/aromatic N) is 2. The van der Waals surface area contributed by atoms with Gasteiger partial charge in [0.1, 0.15) is 5.92 Å². The number of carbonyl (C=O) groups is 2. The maximum atomic E-state index is 12.5. The summed E-state index contributed by atoms with van der Waals surface area (Å²) in [5, 5.41) is 29.2. The lowest BCUT2D eigenvalue weighted by Crippen LogP contribution is -2.34. The second-order valence-electron chi connectivity index (χ2n) is 6.07. The molecule has 2 atom stereocenters. The highest BCUT2D eigenvalue weighted by molar-refractivity contribution is 6.31. The van der Waals surface area contributed by atoms with E-state index in [9.17, 15) is 24.8 Å². The Balaban J connectivity index is 1.76. The predicted molar refractivity (Wildman–Crippen MR) is 99.0 cm³/mol. The molecule has 0 aromatic heterocycles. The molecule has 0 spiro atoms. The minimum Gasteiger partial charge on any atom is -0.867 e. The molecular formula is C18H14ClN4O5-. The Kier molecular flexibility index (Phi) is 5.55. The van der Waals surface area contributed by atoms with Gasteiger partial charge >= 0.3 is 0 Å². The van der Waals surface area contributed by atoms with Gasteiger partial charge in [0.05, 0.1) is 11.1 Å². The third kappa shape index (κ3) is 3.94. The molecule has 1 aliphatic heterocycles. The van der Waals surface area contributed by atoms with Crippen LogP contribution < -0.4 is 15.8 Å². The van der Waals surface area contributed by atoms with Crippen molar-refractivity contribution in [1.29, 1.82) is 0 Å². The Morgan fingerprint density at radius 3 is 2.71 bits per heavy atom. The molecule has 0 bridgehead atoms. The third-order valence-corrected chi connectivity index (χ3v) is 4.55. The van der Waals surface area contributed by atoms with Crippen molar-refractivity contribution in [3.63, 3.8) is 0 Å². The Morgan fingerprint density at radius 1 is 1.32 bits per heavy atom. The Morgan fingerprint density at radius 2 is 2.04 bits per heavy atom. The normalized spacial score (nSPS) is 18.8. The van der Waals surface area contributed by atoms with E-state index >= 15 is 0 Å². The van der Waals surface area contributed by atoms with E-state index in [0.717, 1.165) is 17.8 Å². The van der Waals surface area contributed by atoms with E-state index in [2.05, 4.69) is 15.8 Å². The van der Waals surface area contributed by atoms with Gasteiger partial charge in [-0.15, -0.1) is 0 Å². The topological polar surface area (TPSA) is 137 Å². The first-order valence-electron chi connectivity index (χ1n) is 8.19. The molecule has 1 heterocycles. The van der Waals surface area contributed by atoms with E-state index in [-0.39, 0.29) is 16.5 Å². The molecule has 0 saturated carbocycles. The number of nitro benzene ring substituents is 1. The van der Waals surface area contributed by atoms with Gasteiger partial charge in [-0.3, -0.25) is 19.7 Å². The van der Waals surface area contributed by atoms with Crippen molar-refractivity contribution in [3.8, 4) is 5.75 Å². The van der Waals surface area contributed by atoms with Gasteiger partial charge in [0.2, 0.25) is 5.91 Å². The van der Waals surface area contributed by atoms with E-state index < -0.39 is 34.1 Å². The third-order valence-electron chi connectivity index (χ3n) is 4.33. The first-order chi connectivity index (χ1) is 13.4. The molecule has 2 aromatic carbocycles. The van der Waals surface area contributed by atoms with Gasteiger partial charge in [-0.25, -0.2) is 5.43 Å². The molecule has 2 N–H and O–H groups in total. The lowest BCUT2D eigenvalue weighted by atomic mass is 9.88. The number of halogens is 1. The van der Waals surface area contributed by atoms with Crippen LogP contribution in [-0.4, -0.2) is 29.5 Å². The Labute approximate surface area is 164 Å². The molecule has 28 heavy (non-hydrogen) atoms. The molecular weight excluding hydrogens is 388 g/mol. The van der Waals surface area contributed by atoms with Gasteiger partial charge in [0.15, 0.2) is 0 Å². The summed E-state index contributed by atoms with van der Waals surface area (Å²) in [5.41, 5.74) is 2.20. The summed E-state index contributed by atoms with van der Waals surface area (Å²) in [5.74, 6) is -3.30. The van der Waals surface area contributed by atoms with Crippen molar-refractivity contribution in [2.24, 2.45) is 11.0 Å². The van der Waals surface area contributed by atoms with Gasteiger partial charge in [-0.2, -0.15) is 5.10 Å². The summed E-state index contributed by atoms with van der Waals surface area (Å²) >= 11 is 5.77. The average Bonchev–Trinajstić information content (AvgIpc) is 3.06. The molecule has 10 heteroatoms. The number of carbonyl (C=O) groups excluding carboxylic acids is 2. The van der Waals surface area contributed by atoms with Gasteiger partial charge in [-0.1, -0.05) is 41.9 Å². The van der Waals surface area contributed by atoms with Crippen LogP contribution in [0.25, 0.3) is 0 Å². The summed E-state index contributed by atoms with van der Waals surface area (Å²) in [7, 11) is 0. The number of hydrogen-bond donors (Lipinski definition) is 2. The minimum absolute atomic E-state index is 0.0154. The van der Waals surface area contributed by atoms with Crippen molar-refractivity contribution in [3.05, 3.63) is 68.7 Å². The summed E-state index contributed by atoms with van der Waals surface area (Å²) in [4.78, 5) is 34.6. The summed E-state index contributed by atoms with van der Waals surface area (Å²) in [6, 6.07) is 11.2. The molecule has 3 rings (SSSR count). The van der Waals surface area contributed by atoms with E-state index in [0.29, 0.717) is 6.54 Å². The predicted octanol–water partition coefficient (Wildman–Crippen LogP) is 1.30. The highest BCUT2D eigenvalue weighted by Crippen LogP contribution is 2.30. The molecule has 0 unspecified atom stereocenters. The van der Waals surface area contributed by atoms with Crippen molar-refractivity contribution < 1.29 is 19.6 Å². The van der Waals surface area contributed by atoms with E-state index in [1.807, 2.05) is 30.3 Å². The van der Waals surface area contributed by atoms with Crippen LogP contribution >= 0.6 is 11.6 Å². The zero-order valence-corrected chi connectivity index (χ0v) is 15.1. The second-order valence-corrected chi connectivity index (χ2v) is 6.51. The minimum atomic E-state index is -0.986. The first-order valence-corrected chi connectivity index (χ1v) is 8.57. The fourth-order valence-electron chi connectivity index (χ4n) is 3.00. The van der Waals surface area contributed by atoms with Crippen LogP contribution in [0.2, 0.25) is 5.02 Å². The smallest absolute Gasteiger partial charge is 0.263 e. The Hall–Kier alpha value is -3.46. The zero-order valence-electron chi connectivity index (χ0n) is 14.3. The molecule has 2 amide bonds. The van der Waals surface area contributed by atoms with Crippen molar-refractivity contribution in [2.75, 3.05) is 6.54 Å². The van der Waals surface area contributed by atoms with Crippen LogP contribution in [0.1, 0.15) is 17.0 Å². The fourth-order valence-corrected chi connectivity index (χ4v) is 3.22. The first kappa shape index (κ1) is 19.3. The standard InChI is InChI=1S/C18H15ClN4O5/c19-12-6-11(16(24)14(7-12)23(27)28)8-21-22-18(26)15-13(9-20-17(15)25)10-4-2-1-3-5-10/h1-8,13,15,24H,9H2,(H,20,25)(H,22,26)/p-1/t13-,15+/m0/s1. The molecule has 1 aliphatic rings. The molecule has 9 nitrogen and oxygen atoms in total. The van der Waals surface area contributed by atoms with Gasteiger partial charge < -0.3 is 10.4 Å². The number of nitro groups is 1. The molecule has 2 aromatic rings. The van der Waals surface area contributed by atoms with Crippen molar-refractivity contribution in [1.82, 2.24) is 10.7 Å². The van der Waals surface area contributed by atoms with Crippen LogP contribution in [0.3, 0.4) is 0 Å². The number of benzene rings is 2. The average molecular weight is 402 g/mol. The monoisotopic (exact) mass is 401 g/mol. The van der Waals surface area contributed by atoms with Crippen LogP contribution in [-0.2, 0) is 9.59 Å². The molecule has 1 saturated heterocycles. The summed E-state index contributed by atoms with van der Waals surface area (Å²) in [6.45, 7) is 0.315. The van der Waals surface area contributed by atoms with E-state index in [4.69, 9.17) is 11.6 Å². The number of hydrogen-bond acceptors (Lipinski definition) is 6. The van der Waals surface area contributed by atoms with Gasteiger partial charge in [0, 0.05) is 23.6 Å². The largest absolute Gasteiger partial charge is 0.867 e. The maximum absolute atomic E-state index is 12.5. The molecule has 1 fully saturated rings. The SMILES string of the molecule is O=C1NC[C@@H](c2ccccc2)[C@H]1C(=O)NN=Cc1cc(Cl)cc([N+](=O)[O-])c1[O-]. The highest BCUT2D eigenvalue weighted by Gasteiger charge is 2.40. The number of rotatable bonds is 5. The number of nitrogens with one attached hydrogen (secondary N) is 2. The lowest BCUT2D eigenvalue weighted by Gasteiger charge is -2.15. The highest BCUT2D eigenvalue weighted by atomic mass is 35.5. The summed E-state index contributed by atoms with van der Waals surface area (Å²) < 4.78 is 0. The fraction of sp³-hybridized carbons (Fsp3) is 0.167. The second kappa shape index (κ2) is 8.05. The van der Waals surface area contributed by atoms with Crippen LogP contribution in [0.4, 0.5) is 5.69 Å².